The Morgan fingerprint density at radius 3 is 2.16 bits per heavy atom. The van der Waals surface area contributed by atoms with Crippen LogP contribution in [0.2, 0.25) is 0 Å². The van der Waals surface area contributed by atoms with Gasteiger partial charge in [0, 0.05) is 25.9 Å². The zero-order valence-electron chi connectivity index (χ0n) is 12.0. The van der Waals surface area contributed by atoms with Gasteiger partial charge in [-0.25, -0.2) is 0 Å². The second-order valence-corrected chi connectivity index (χ2v) is 5.55. The quantitative estimate of drug-likeness (QED) is 0.781. The maximum absolute atomic E-state index is 11.2. The number of nitrogens with zero attached hydrogens (tertiary/aromatic N) is 1. The van der Waals surface area contributed by atoms with Crippen LogP contribution in [-0.2, 0) is 17.6 Å². The Balaban J connectivity index is 1.69. The largest absolute Gasteiger partial charge is 0.302 e. The third-order valence-corrected chi connectivity index (χ3v) is 3.92. The second-order valence-electron chi connectivity index (χ2n) is 5.55. The first-order valence-electron chi connectivity index (χ1n) is 7.60. The zero-order valence-corrected chi connectivity index (χ0v) is 12.0. The lowest BCUT2D eigenvalue weighted by atomic mass is 10.0. The summed E-state index contributed by atoms with van der Waals surface area (Å²) in [5.74, 6) is 0.433. The highest BCUT2D eigenvalue weighted by molar-refractivity contribution is 5.79. The first-order chi connectivity index (χ1) is 9.28. The van der Waals surface area contributed by atoms with Gasteiger partial charge in [-0.05, 0) is 36.9 Å². The molecule has 0 aromatic heterocycles. The Labute approximate surface area is 116 Å². The molecule has 0 radical (unpaired) electrons. The average Bonchev–Trinajstić information content (AvgIpc) is 2.43. The van der Waals surface area contributed by atoms with Gasteiger partial charge in [0.25, 0.3) is 0 Å². The number of carbonyl (C=O) groups excluding carboxylic acids is 1. The third-order valence-electron chi connectivity index (χ3n) is 3.92. The summed E-state index contributed by atoms with van der Waals surface area (Å²) in [5, 5.41) is 0. The van der Waals surface area contributed by atoms with Crippen molar-refractivity contribution in [2.45, 2.75) is 45.4 Å². The predicted molar refractivity (Wildman–Crippen MR) is 79.4 cm³/mol. The molecule has 2 nitrogen and oxygen atoms in total. The van der Waals surface area contributed by atoms with E-state index >= 15 is 0 Å². The molecular formula is C17H25NO. The molecule has 1 aromatic carbocycles. The molecule has 0 amide bonds. The van der Waals surface area contributed by atoms with Crippen LogP contribution in [0.1, 0.15) is 43.7 Å². The Hall–Kier alpha value is -1.15. The first kappa shape index (κ1) is 14.3. The van der Waals surface area contributed by atoms with Crippen LogP contribution >= 0.6 is 0 Å². The molecule has 0 N–H and O–H groups in total. The Kier molecular flexibility index (Phi) is 5.59. The van der Waals surface area contributed by atoms with Crippen molar-refractivity contribution in [1.82, 2.24) is 4.90 Å². The summed E-state index contributed by atoms with van der Waals surface area (Å²) in [6, 6.07) is 9.06. The predicted octanol–water partition coefficient (Wildman–Crippen LogP) is 3.24. The van der Waals surface area contributed by atoms with E-state index in [4.69, 9.17) is 0 Å². The molecule has 1 aromatic rings. The fourth-order valence-corrected chi connectivity index (χ4v) is 2.69. The van der Waals surface area contributed by atoms with E-state index in [9.17, 15) is 4.79 Å². The van der Waals surface area contributed by atoms with Crippen molar-refractivity contribution in [2.75, 3.05) is 19.6 Å². The van der Waals surface area contributed by atoms with Crippen molar-refractivity contribution in [2.24, 2.45) is 0 Å². The lowest BCUT2D eigenvalue weighted by Crippen LogP contribution is -2.34. The standard InChI is InChI=1S/C17H25NO/c1-2-4-15-6-8-16(9-7-15)5-3-12-18-13-10-17(19)11-14-18/h6-9H,2-5,10-14H2,1H3. The normalized spacial score (nSPS) is 16.8. The van der Waals surface area contributed by atoms with Crippen LogP contribution in [0.4, 0.5) is 0 Å². The summed E-state index contributed by atoms with van der Waals surface area (Å²) in [6.07, 6.45) is 6.25. The highest BCUT2D eigenvalue weighted by Gasteiger charge is 2.15. The van der Waals surface area contributed by atoms with Crippen molar-refractivity contribution in [1.29, 1.82) is 0 Å². The fraction of sp³-hybridized carbons (Fsp3) is 0.588. The number of hydrogen-bond donors (Lipinski definition) is 0. The molecule has 1 heterocycles. The van der Waals surface area contributed by atoms with E-state index in [1.54, 1.807) is 0 Å². The summed E-state index contributed by atoms with van der Waals surface area (Å²) < 4.78 is 0. The van der Waals surface area contributed by atoms with Gasteiger partial charge in [0.15, 0.2) is 0 Å². The van der Waals surface area contributed by atoms with Crippen LogP contribution in [0.3, 0.4) is 0 Å². The van der Waals surface area contributed by atoms with Gasteiger partial charge in [0.1, 0.15) is 5.78 Å². The summed E-state index contributed by atoms with van der Waals surface area (Å²) in [6.45, 7) is 5.28. The molecule has 0 unspecified atom stereocenters. The number of benzene rings is 1. The topological polar surface area (TPSA) is 20.3 Å². The van der Waals surface area contributed by atoms with Crippen LogP contribution in [0.25, 0.3) is 0 Å². The van der Waals surface area contributed by atoms with Gasteiger partial charge in [-0.1, -0.05) is 37.6 Å². The molecule has 0 spiro atoms. The van der Waals surface area contributed by atoms with Gasteiger partial charge < -0.3 is 4.90 Å². The second kappa shape index (κ2) is 7.44. The maximum Gasteiger partial charge on any atom is 0.135 e. The number of Topliss-reactive ketones (excluding diaryl/α,β-unsaturated/α-hetero) is 1. The molecule has 1 saturated heterocycles. The highest BCUT2D eigenvalue weighted by atomic mass is 16.1. The molecule has 1 aliphatic heterocycles. The fourth-order valence-electron chi connectivity index (χ4n) is 2.69. The van der Waals surface area contributed by atoms with Crippen LogP contribution < -0.4 is 0 Å². The van der Waals surface area contributed by atoms with Crippen molar-refractivity contribution < 1.29 is 4.79 Å². The van der Waals surface area contributed by atoms with Crippen LogP contribution in [-0.4, -0.2) is 30.3 Å². The summed E-state index contributed by atoms with van der Waals surface area (Å²) in [4.78, 5) is 13.6. The molecule has 0 saturated carbocycles. The Morgan fingerprint density at radius 1 is 1.00 bits per heavy atom. The number of ketones is 1. The molecule has 19 heavy (non-hydrogen) atoms. The minimum absolute atomic E-state index is 0.433. The minimum atomic E-state index is 0.433. The number of carbonyl (C=O) groups is 1. The number of piperidine rings is 1. The molecule has 2 rings (SSSR count). The van der Waals surface area contributed by atoms with Crippen molar-refractivity contribution >= 4 is 5.78 Å². The number of rotatable bonds is 6. The molecule has 1 aliphatic rings. The van der Waals surface area contributed by atoms with E-state index in [1.807, 2.05) is 0 Å². The molecule has 0 atom stereocenters. The highest BCUT2D eigenvalue weighted by Crippen LogP contribution is 2.11. The first-order valence-corrected chi connectivity index (χ1v) is 7.60. The summed E-state index contributed by atoms with van der Waals surface area (Å²) in [7, 11) is 0. The summed E-state index contributed by atoms with van der Waals surface area (Å²) in [5.41, 5.74) is 2.88. The van der Waals surface area contributed by atoms with Gasteiger partial charge in [-0.15, -0.1) is 0 Å². The Morgan fingerprint density at radius 2 is 1.58 bits per heavy atom. The lowest BCUT2D eigenvalue weighted by molar-refractivity contribution is -0.121. The van der Waals surface area contributed by atoms with E-state index in [0.717, 1.165) is 38.9 Å². The van der Waals surface area contributed by atoms with Crippen LogP contribution in [0.5, 0.6) is 0 Å². The molecule has 1 fully saturated rings. The van der Waals surface area contributed by atoms with Crippen molar-refractivity contribution in [3.05, 3.63) is 35.4 Å². The van der Waals surface area contributed by atoms with Gasteiger partial charge in [0.05, 0.1) is 0 Å². The zero-order chi connectivity index (χ0) is 13.5. The third kappa shape index (κ3) is 4.79. The SMILES string of the molecule is CCCc1ccc(CCCN2CCC(=O)CC2)cc1. The van der Waals surface area contributed by atoms with E-state index in [-0.39, 0.29) is 0 Å². The molecule has 0 bridgehead atoms. The lowest BCUT2D eigenvalue weighted by Gasteiger charge is -2.25. The average molecular weight is 259 g/mol. The Bertz CT molecular complexity index is 386. The monoisotopic (exact) mass is 259 g/mol. The molecular weight excluding hydrogens is 234 g/mol. The van der Waals surface area contributed by atoms with E-state index in [1.165, 1.54) is 30.4 Å². The van der Waals surface area contributed by atoms with E-state index in [0.29, 0.717) is 5.78 Å². The van der Waals surface area contributed by atoms with Gasteiger partial charge in [-0.3, -0.25) is 4.79 Å². The van der Waals surface area contributed by atoms with Gasteiger partial charge in [-0.2, -0.15) is 0 Å². The molecule has 104 valence electrons. The van der Waals surface area contributed by atoms with Crippen LogP contribution in [0.15, 0.2) is 24.3 Å². The van der Waals surface area contributed by atoms with E-state index < -0.39 is 0 Å². The van der Waals surface area contributed by atoms with Crippen molar-refractivity contribution in [3.63, 3.8) is 0 Å². The number of hydrogen-bond acceptors (Lipinski definition) is 2. The maximum atomic E-state index is 11.2. The molecule has 0 aliphatic carbocycles. The van der Waals surface area contributed by atoms with Crippen LogP contribution in [0, 0.1) is 0 Å². The number of aryl methyl sites for hydroxylation is 2. The number of likely N-dealkylation sites (tertiary alicyclic amines) is 1. The molecule has 2 heteroatoms. The van der Waals surface area contributed by atoms with Gasteiger partial charge >= 0.3 is 0 Å². The summed E-state index contributed by atoms with van der Waals surface area (Å²) >= 11 is 0. The van der Waals surface area contributed by atoms with Crippen molar-refractivity contribution in [3.8, 4) is 0 Å². The van der Waals surface area contributed by atoms with Gasteiger partial charge in [0.2, 0.25) is 0 Å². The minimum Gasteiger partial charge on any atom is -0.302 e. The van der Waals surface area contributed by atoms with E-state index in [2.05, 4.69) is 36.1 Å². The smallest absolute Gasteiger partial charge is 0.135 e.